The predicted octanol–water partition coefficient (Wildman–Crippen LogP) is 20.9. The Morgan fingerprint density at radius 1 is 0.274 bits per heavy atom. The summed E-state index contributed by atoms with van der Waals surface area (Å²) >= 11 is 0. The van der Waals surface area contributed by atoms with Crippen LogP contribution in [0.4, 0.5) is 0 Å². The number of carbonyl (C=O) groups excluding carboxylic acids is 3. The molecule has 0 aliphatic rings. The molecular formula is C67H114O6. The fraction of sp³-hybridized carbons (Fsp3) is 0.716. The third kappa shape index (κ3) is 59.1. The van der Waals surface area contributed by atoms with Gasteiger partial charge in [-0.05, 0) is 128 Å². The van der Waals surface area contributed by atoms with Crippen LogP contribution in [-0.2, 0) is 28.6 Å². The van der Waals surface area contributed by atoms with Crippen molar-refractivity contribution in [2.24, 2.45) is 0 Å². The van der Waals surface area contributed by atoms with Gasteiger partial charge in [-0.15, -0.1) is 0 Å². The van der Waals surface area contributed by atoms with E-state index in [0.29, 0.717) is 19.3 Å². The fourth-order valence-electron chi connectivity index (χ4n) is 8.37. The highest BCUT2D eigenvalue weighted by Gasteiger charge is 2.19. The molecule has 418 valence electrons. The number of rotatable bonds is 55. The highest BCUT2D eigenvalue weighted by atomic mass is 16.6. The molecule has 0 aromatic rings. The second-order valence-electron chi connectivity index (χ2n) is 20.2. The predicted molar refractivity (Wildman–Crippen MR) is 316 cm³/mol. The lowest BCUT2D eigenvalue weighted by molar-refractivity contribution is -0.167. The largest absolute Gasteiger partial charge is 0.462 e. The summed E-state index contributed by atoms with van der Waals surface area (Å²) in [5, 5.41) is 0. The summed E-state index contributed by atoms with van der Waals surface area (Å²) < 4.78 is 16.9. The van der Waals surface area contributed by atoms with E-state index in [1.54, 1.807) is 0 Å². The van der Waals surface area contributed by atoms with Gasteiger partial charge in [0.05, 0.1) is 0 Å². The minimum atomic E-state index is -0.799. The molecule has 0 N–H and O–H groups in total. The van der Waals surface area contributed by atoms with Crippen molar-refractivity contribution in [3.05, 3.63) is 97.2 Å². The summed E-state index contributed by atoms with van der Waals surface area (Å²) in [6.07, 6.45) is 81.1. The zero-order valence-electron chi connectivity index (χ0n) is 47.9. The molecule has 0 aromatic heterocycles. The molecule has 0 heterocycles. The zero-order valence-corrected chi connectivity index (χ0v) is 47.9. The second-order valence-corrected chi connectivity index (χ2v) is 20.2. The van der Waals surface area contributed by atoms with Gasteiger partial charge in [0.25, 0.3) is 0 Å². The van der Waals surface area contributed by atoms with E-state index in [4.69, 9.17) is 14.2 Å². The average molecular weight is 1020 g/mol. The Bertz CT molecular complexity index is 1440. The highest BCUT2D eigenvalue weighted by Crippen LogP contribution is 2.15. The van der Waals surface area contributed by atoms with Gasteiger partial charge in [-0.3, -0.25) is 14.4 Å². The summed E-state index contributed by atoms with van der Waals surface area (Å²) in [4.78, 5) is 38.3. The van der Waals surface area contributed by atoms with E-state index in [1.165, 1.54) is 148 Å². The molecule has 0 radical (unpaired) electrons. The van der Waals surface area contributed by atoms with Crippen LogP contribution in [0.1, 0.15) is 290 Å². The molecule has 6 heteroatoms. The molecule has 0 spiro atoms. The number of unbranched alkanes of at least 4 members (excludes halogenated alkanes) is 28. The molecule has 1 atom stereocenters. The topological polar surface area (TPSA) is 78.9 Å². The van der Waals surface area contributed by atoms with Crippen molar-refractivity contribution in [3.63, 3.8) is 0 Å². The van der Waals surface area contributed by atoms with Gasteiger partial charge in [-0.1, -0.05) is 240 Å². The normalized spacial score (nSPS) is 12.8. The van der Waals surface area contributed by atoms with E-state index in [0.717, 1.165) is 103 Å². The third-order valence-corrected chi connectivity index (χ3v) is 13.0. The Hall–Kier alpha value is -3.67. The van der Waals surface area contributed by atoms with Crippen molar-refractivity contribution < 1.29 is 28.6 Å². The SMILES string of the molecule is CCCCC/C=C\C/C=C\C/C=C\C/C=C\CCCCCC(=O)OC[C@@H](COC(=O)CCCCCCCCC/C=C\C/C=C\CCCCC)OC(=O)CCCCCCCCCCC/C=C\C/C=C\CCCCC. The quantitative estimate of drug-likeness (QED) is 0.0261. The summed E-state index contributed by atoms with van der Waals surface area (Å²) in [6.45, 7) is 6.54. The first-order chi connectivity index (χ1) is 36.0. The molecular weight excluding hydrogens is 901 g/mol. The van der Waals surface area contributed by atoms with Crippen LogP contribution >= 0.6 is 0 Å². The number of allylic oxidation sites excluding steroid dienone is 16. The van der Waals surface area contributed by atoms with E-state index in [9.17, 15) is 14.4 Å². The van der Waals surface area contributed by atoms with Crippen molar-refractivity contribution in [1.29, 1.82) is 0 Å². The van der Waals surface area contributed by atoms with Crippen LogP contribution in [0.25, 0.3) is 0 Å². The lowest BCUT2D eigenvalue weighted by Crippen LogP contribution is -2.30. The summed E-state index contributed by atoms with van der Waals surface area (Å²) in [7, 11) is 0. The molecule has 0 bridgehead atoms. The molecule has 0 saturated heterocycles. The van der Waals surface area contributed by atoms with Gasteiger partial charge in [0.2, 0.25) is 0 Å². The Kier molecular flexibility index (Phi) is 57.8. The standard InChI is InChI=1S/C67H114O6/c1-4-7-10-13-16-19-22-25-28-31-33-36-39-42-45-48-51-54-57-60-66(69)72-63-64(62-71-65(68)59-56-53-50-47-44-41-38-35-30-27-24-21-18-15-12-9-6-3)73-67(70)61-58-55-52-49-46-43-40-37-34-32-29-26-23-20-17-14-11-8-5-2/h16-21,25-30,33,36,42,45,64H,4-15,22-24,31-32,34-35,37-41,43-44,46-63H2,1-3H3/b19-16-,20-17-,21-18-,28-25-,29-26-,30-27-,36-33-,45-42-/t64-/m1/s1. The molecule has 0 rings (SSSR count). The molecule has 0 aromatic carbocycles. The lowest BCUT2D eigenvalue weighted by atomic mass is 10.1. The maximum atomic E-state index is 12.9. The molecule has 73 heavy (non-hydrogen) atoms. The van der Waals surface area contributed by atoms with Crippen LogP contribution < -0.4 is 0 Å². The van der Waals surface area contributed by atoms with E-state index in [-0.39, 0.29) is 31.1 Å². The zero-order chi connectivity index (χ0) is 52.9. The minimum absolute atomic E-state index is 0.0938. The maximum Gasteiger partial charge on any atom is 0.306 e. The molecule has 0 amide bonds. The summed E-state index contributed by atoms with van der Waals surface area (Å²) in [5.41, 5.74) is 0. The number of hydrogen-bond donors (Lipinski definition) is 0. The number of ether oxygens (including phenoxy) is 3. The van der Waals surface area contributed by atoms with Crippen molar-refractivity contribution in [2.75, 3.05) is 13.2 Å². The molecule has 0 aliphatic heterocycles. The molecule has 6 nitrogen and oxygen atoms in total. The Morgan fingerprint density at radius 2 is 0.493 bits per heavy atom. The van der Waals surface area contributed by atoms with Gasteiger partial charge in [-0.2, -0.15) is 0 Å². The van der Waals surface area contributed by atoms with Crippen LogP contribution in [0.3, 0.4) is 0 Å². The van der Waals surface area contributed by atoms with Gasteiger partial charge in [-0.25, -0.2) is 0 Å². The lowest BCUT2D eigenvalue weighted by Gasteiger charge is -2.18. The van der Waals surface area contributed by atoms with Gasteiger partial charge in [0.1, 0.15) is 13.2 Å². The van der Waals surface area contributed by atoms with E-state index in [2.05, 4.69) is 118 Å². The van der Waals surface area contributed by atoms with Crippen LogP contribution in [0, 0.1) is 0 Å². The van der Waals surface area contributed by atoms with Crippen LogP contribution in [0.2, 0.25) is 0 Å². The maximum absolute atomic E-state index is 12.9. The van der Waals surface area contributed by atoms with Crippen molar-refractivity contribution >= 4 is 17.9 Å². The van der Waals surface area contributed by atoms with Gasteiger partial charge in [0.15, 0.2) is 6.10 Å². The number of carbonyl (C=O) groups is 3. The van der Waals surface area contributed by atoms with E-state index in [1.807, 2.05) is 0 Å². The second kappa shape index (κ2) is 60.9. The Balaban J connectivity index is 4.47. The fourth-order valence-corrected chi connectivity index (χ4v) is 8.37. The van der Waals surface area contributed by atoms with Gasteiger partial charge < -0.3 is 14.2 Å². The Morgan fingerprint density at radius 3 is 0.781 bits per heavy atom. The van der Waals surface area contributed by atoms with Crippen molar-refractivity contribution in [1.82, 2.24) is 0 Å². The molecule has 0 saturated carbocycles. The monoisotopic (exact) mass is 1010 g/mol. The highest BCUT2D eigenvalue weighted by molar-refractivity contribution is 5.71. The third-order valence-electron chi connectivity index (χ3n) is 13.0. The van der Waals surface area contributed by atoms with E-state index < -0.39 is 6.10 Å². The van der Waals surface area contributed by atoms with Gasteiger partial charge in [0, 0.05) is 19.3 Å². The van der Waals surface area contributed by atoms with Gasteiger partial charge >= 0.3 is 17.9 Å². The molecule has 0 aliphatic carbocycles. The minimum Gasteiger partial charge on any atom is -0.462 e. The first-order valence-corrected chi connectivity index (χ1v) is 30.7. The molecule has 0 fully saturated rings. The first-order valence-electron chi connectivity index (χ1n) is 30.7. The van der Waals surface area contributed by atoms with E-state index >= 15 is 0 Å². The van der Waals surface area contributed by atoms with Crippen LogP contribution in [-0.4, -0.2) is 37.2 Å². The van der Waals surface area contributed by atoms with Crippen molar-refractivity contribution in [3.8, 4) is 0 Å². The summed E-state index contributed by atoms with van der Waals surface area (Å²) in [6, 6.07) is 0. The average Bonchev–Trinajstić information content (AvgIpc) is 3.39. The number of hydrogen-bond acceptors (Lipinski definition) is 6. The molecule has 0 unspecified atom stereocenters. The number of esters is 3. The first kappa shape index (κ1) is 69.3. The van der Waals surface area contributed by atoms with Crippen LogP contribution in [0.5, 0.6) is 0 Å². The Labute approximate surface area is 451 Å². The van der Waals surface area contributed by atoms with Crippen LogP contribution in [0.15, 0.2) is 97.2 Å². The summed E-state index contributed by atoms with van der Waals surface area (Å²) in [5.74, 6) is -0.930. The smallest absolute Gasteiger partial charge is 0.306 e. The van der Waals surface area contributed by atoms with Crippen molar-refractivity contribution in [2.45, 2.75) is 297 Å².